The Bertz CT molecular complexity index is 867. The number of rotatable bonds is 7. The van der Waals surface area contributed by atoms with E-state index >= 15 is 0 Å². The predicted octanol–water partition coefficient (Wildman–Crippen LogP) is 4.59. The lowest BCUT2D eigenvalue weighted by Crippen LogP contribution is -2.28. The van der Waals surface area contributed by atoms with Crippen molar-refractivity contribution in [2.45, 2.75) is 50.9 Å². The van der Waals surface area contributed by atoms with Gasteiger partial charge in [0.15, 0.2) is 0 Å². The van der Waals surface area contributed by atoms with E-state index in [0.717, 1.165) is 29.7 Å². The van der Waals surface area contributed by atoms with Crippen molar-refractivity contribution >= 4 is 11.9 Å². The molecule has 0 bridgehead atoms. The van der Waals surface area contributed by atoms with Crippen LogP contribution in [-0.2, 0) is 11.8 Å². The second kappa shape index (κ2) is 9.12. The van der Waals surface area contributed by atoms with Crippen LogP contribution in [0.4, 0.5) is 0 Å². The number of carboxylic acid groups (broad SMARTS) is 1. The summed E-state index contributed by atoms with van der Waals surface area (Å²) >= 11 is 0. The summed E-state index contributed by atoms with van der Waals surface area (Å²) in [6.07, 6.45) is 6.55. The van der Waals surface area contributed by atoms with Gasteiger partial charge in [-0.2, -0.15) is 0 Å². The summed E-state index contributed by atoms with van der Waals surface area (Å²) < 4.78 is 5.59. The van der Waals surface area contributed by atoms with Crippen molar-refractivity contribution in [3.8, 4) is 5.75 Å². The van der Waals surface area contributed by atoms with Crippen molar-refractivity contribution < 1.29 is 19.4 Å². The van der Waals surface area contributed by atoms with Crippen LogP contribution < -0.4 is 10.1 Å². The van der Waals surface area contributed by atoms with E-state index in [1.807, 2.05) is 18.2 Å². The second-order valence-electron chi connectivity index (χ2n) is 8.04. The molecule has 5 nitrogen and oxygen atoms in total. The Hall–Kier alpha value is -2.82. The van der Waals surface area contributed by atoms with E-state index in [1.165, 1.54) is 19.3 Å². The lowest BCUT2D eigenvalue weighted by molar-refractivity contribution is 0.0696. The van der Waals surface area contributed by atoms with Crippen LogP contribution in [0.1, 0.15) is 70.9 Å². The van der Waals surface area contributed by atoms with Crippen LogP contribution >= 0.6 is 0 Å². The van der Waals surface area contributed by atoms with Gasteiger partial charge in [-0.3, -0.25) is 4.79 Å². The molecule has 1 fully saturated rings. The average molecular weight is 395 g/mol. The number of amides is 1. The molecule has 0 aromatic heterocycles. The molecule has 1 aliphatic carbocycles. The van der Waals surface area contributed by atoms with Crippen molar-refractivity contribution in [2.75, 3.05) is 13.7 Å². The molecule has 29 heavy (non-hydrogen) atoms. The van der Waals surface area contributed by atoms with E-state index in [1.54, 1.807) is 31.4 Å². The van der Waals surface area contributed by atoms with Crippen LogP contribution in [0.25, 0.3) is 0 Å². The number of benzene rings is 2. The molecule has 0 heterocycles. The van der Waals surface area contributed by atoms with Gasteiger partial charge in [0.2, 0.25) is 0 Å². The molecule has 5 heteroatoms. The Morgan fingerprint density at radius 1 is 1.03 bits per heavy atom. The Kier molecular flexibility index (Phi) is 6.57. The number of carbonyl (C=O) groups excluding carboxylic acids is 1. The average Bonchev–Trinajstić information content (AvgIpc) is 2.74. The minimum atomic E-state index is -0.938. The number of hydrogen-bond acceptors (Lipinski definition) is 3. The highest BCUT2D eigenvalue weighted by molar-refractivity contribution is 5.94. The molecular formula is C24H29NO4. The van der Waals surface area contributed by atoms with E-state index in [9.17, 15) is 9.59 Å². The molecule has 154 valence electrons. The summed E-state index contributed by atoms with van der Waals surface area (Å²) in [7, 11) is 1.68. The number of methoxy groups -OCH3 is 1. The second-order valence-corrected chi connectivity index (χ2v) is 8.04. The van der Waals surface area contributed by atoms with Crippen LogP contribution in [0.5, 0.6) is 5.75 Å². The van der Waals surface area contributed by atoms with Crippen LogP contribution in [0, 0.1) is 0 Å². The number of carbonyl (C=O) groups is 2. The summed E-state index contributed by atoms with van der Waals surface area (Å²) in [6.45, 7) is 2.76. The van der Waals surface area contributed by atoms with Gasteiger partial charge in [0.25, 0.3) is 5.91 Å². The number of ether oxygens (including phenoxy) is 1. The molecule has 0 spiro atoms. The summed E-state index contributed by atoms with van der Waals surface area (Å²) in [5, 5.41) is 11.9. The lowest BCUT2D eigenvalue weighted by atomic mass is 9.70. The quantitative estimate of drug-likeness (QED) is 0.719. The predicted molar refractivity (Wildman–Crippen MR) is 113 cm³/mol. The van der Waals surface area contributed by atoms with Crippen LogP contribution in [0.2, 0.25) is 0 Å². The van der Waals surface area contributed by atoms with Gasteiger partial charge in [-0.05, 0) is 60.6 Å². The minimum Gasteiger partial charge on any atom is -0.496 e. The molecule has 2 aromatic carbocycles. The fourth-order valence-corrected chi connectivity index (χ4v) is 4.16. The zero-order valence-corrected chi connectivity index (χ0v) is 17.2. The maximum absolute atomic E-state index is 12.7. The summed E-state index contributed by atoms with van der Waals surface area (Å²) in [6, 6.07) is 12.4. The SMILES string of the molecule is COc1ccc(C(=O)NCCc2ccc(C(=O)O)cc2)cc1C1(C)CCCCC1. The van der Waals surface area contributed by atoms with E-state index in [0.29, 0.717) is 18.5 Å². The first-order valence-electron chi connectivity index (χ1n) is 10.2. The Morgan fingerprint density at radius 3 is 2.31 bits per heavy atom. The molecule has 1 amide bonds. The third-order valence-corrected chi connectivity index (χ3v) is 5.97. The highest BCUT2D eigenvalue weighted by Gasteiger charge is 2.32. The van der Waals surface area contributed by atoms with E-state index < -0.39 is 5.97 Å². The van der Waals surface area contributed by atoms with Crippen LogP contribution in [0.3, 0.4) is 0 Å². The summed E-state index contributed by atoms with van der Waals surface area (Å²) in [4.78, 5) is 23.6. The van der Waals surface area contributed by atoms with E-state index in [2.05, 4.69) is 12.2 Å². The normalized spacial score (nSPS) is 15.5. The molecule has 1 aliphatic rings. The lowest BCUT2D eigenvalue weighted by Gasteiger charge is -2.35. The number of aromatic carboxylic acids is 1. The van der Waals surface area contributed by atoms with Gasteiger partial charge in [0, 0.05) is 17.7 Å². The molecule has 0 atom stereocenters. The summed E-state index contributed by atoms with van der Waals surface area (Å²) in [5.74, 6) is -0.188. The number of carboxylic acids is 1. The molecule has 0 radical (unpaired) electrons. The van der Waals surface area contributed by atoms with Crippen molar-refractivity contribution in [2.24, 2.45) is 0 Å². The summed E-state index contributed by atoms with van der Waals surface area (Å²) in [5.41, 5.74) is 3.07. The van der Waals surface area contributed by atoms with Gasteiger partial charge < -0.3 is 15.2 Å². The third kappa shape index (κ3) is 4.97. The molecule has 0 unspecified atom stereocenters. The van der Waals surface area contributed by atoms with E-state index in [4.69, 9.17) is 9.84 Å². The molecule has 2 N–H and O–H groups in total. The first kappa shape index (κ1) is 20.9. The molecule has 0 saturated heterocycles. The minimum absolute atomic E-state index is 0.0474. The third-order valence-electron chi connectivity index (χ3n) is 5.97. The van der Waals surface area contributed by atoms with Gasteiger partial charge in [0.05, 0.1) is 12.7 Å². The van der Waals surface area contributed by atoms with Gasteiger partial charge in [-0.25, -0.2) is 4.79 Å². The van der Waals surface area contributed by atoms with Gasteiger partial charge in [-0.1, -0.05) is 38.3 Å². The standard InChI is InChI=1S/C24H29NO4/c1-24(13-4-3-5-14-24)20-16-19(10-11-21(20)29-2)22(26)25-15-12-17-6-8-18(9-7-17)23(27)28/h6-11,16H,3-5,12-15H2,1-2H3,(H,25,26)(H,27,28). The molecule has 1 saturated carbocycles. The maximum Gasteiger partial charge on any atom is 0.335 e. The molecule has 0 aliphatic heterocycles. The fourth-order valence-electron chi connectivity index (χ4n) is 4.16. The Balaban J connectivity index is 1.66. The van der Waals surface area contributed by atoms with Gasteiger partial charge >= 0.3 is 5.97 Å². The van der Waals surface area contributed by atoms with Crippen molar-refractivity contribution in [1.82, 2.24) is 5.32 Å². The van der Waals surface area contributed by atoms with Crippen molar-refractivity contribution in [3.05, 3.63) is 64.7 Å². The molecule has 2 aromatic rings. The Morgan fingerprint density at radius 2 is 1.69 bits per heavy atom. The highest BCUT2D eigenvalue weighted by atomic mass is 16.5. The zero-order chi connectivity index (χ0) is 20.9. The maximum atomic E-state index is 12.7. The number of hydrogen-bond donors (Lipinski definition) is 2. The van der Waals surface area contributed by atoms with Crippen LogP contribution in [-0.4, -0.2) is 30.6 Å². The largest absolute Gasteiger partial charge is 0.496 e. The monoisotopic (exact) mass is 395 g/mol. The van der Waals surface area contributed by atoms with Gasteiger partial charge in [-0.15, -0.1) is 0 Å². The van der Waals surface area contributed by atoms with Crippen LogP contribution in [0.15, 0.2) is 42.5 Å². The van der Waals surface area contributed by atoms with Gasteiger partial charge in [0.1, 0.15) is 5.75 Å². The Labute approximate surface area is 172 Å². The van der Waals surface area contributed by atoms with E-state index in [-0.39, 0.29) is 16.9 Å². The topological polar surface area (TPSA) is 75.6 Å². The smallest absolute Gasteiger partial charge is 0.335 e. The fraction of sp³-hybridized carbons (Fsp3) is 0.417. The van der Waals surface area contributed by atoms with Crippen molar-refractivity contribution in [1.29, 1.82) is 0 Å². The van der Waals surface area contributed by atoms with Crippen molar-refractivity contribution in [3.63, 3.8) is 0 Å². The zero-order valence-electron chi connectivity index (χ0n) is 17.2. The molecular weight excluding hydrogens is 366 g/mol. The first-order chi connectivity index (χ1) is 13.9. The number of nitrogens with one attached hydrogen (secondary N) is 1. The highest BCUT2D eigenvalue weighted by Crippen LogP contribution is 2.43. The molecule has 3 rings (SSSR count). The first-order valence-corrected chi connectivity index (χ1v) is 10.2.